The predicted octanol–water partition coefficient (Wildman–Crippen LogP) is 0.994. The SMILES string of the molecule is COc1ccc(CNC(=O)CN2C(=O)NC(CCSC)C2=O)cc1OC. The minimum absolute atomic E-state index is 0.249. The van der Waals surface area contributed by atoms with E-state index >= 15 is 0 Å². The van der Waals surface area contributed by atoms with Crippen molar-refractivity contribution in [3.05, 3.63) is 23.8 Å². The van der Waals surface area contributed by atoms with Crippen LogP contribution >= 0.6 is 11.8 Å². The number of ether oxygens (including phenoxy) is 2. The van der Waals surface area contributed by atoms with E-state index in [0.29, 0.717) is 17.9 Å². The van der Waals surface area contributed by atoms with E-state index in [1.54, 1.807) is 37.1 Å². The molecule has 1 aromatic rings. The highest BCUT2D eigenvalue weighted by molar-refractivity contribution is 7.98. The summed E-state index contributed by atoms with van der Waals surface area (Å²) in [5.74, 6) is 1.15. The van der Waals surface area contributed by atoms with Gasteiger partial charge in [0.05, 0.1) is 14.2 Å². The van der Waals surface area contributed by atoms with Crippen LogP contribution in [-0.2, 0) is 16.1 Å². The largest absolute Gasteiger partial charge is 0.493 e. The van der Waals surface area contributed by atoms with E-state index in [1.165, 1.54) is 7.11 Å². The molecule has 1 atom stereocenters. The van der Waals surface area contributed by atoms with Crippen molar-refractivity contribution in [2.75, 3.05) is 32.8 Å². The first-order valence-electron chi connectivity index (χ1n) is 8.08. The van der Waals surface area contributed by atoms with Gasteiger partial charge in [-0.15, -0.1) is 0 Å². The second-order valence-electron chi connectivity index (χ2n) is 5.67. The van der Waals surface area contributed by atoms with E-state index in [4.69, 9.17) is 9.47 Å². The Hall–Kier alpha value is -2.42. The second kappa shape index (κ2) is 9.33. The van der Waals surface area contributed by atoms with Crippen molar-refractivity contribution < 1.29 is 23.9 Å². The minimum atomic E-state index is -0.548. The summed E-state index contributed by atoms with van der Waals surface area (Å²) in [6, 6.07) is 4.23. The molecule has 1 fully saturated rings. The highest BCUT2D eigenvalue weighted by atomic mass is 32.2. The van der Waals surface area contributed by atoms with Gasteiger partial charge in [0, 0.05) is 6.54 Å². The van der Waals surface area contributed by atoms with E-state index in [9.17, 15) is 14.4 Å². The van der Waals surface area contributed by atoms with Crippen LogP contribution in [0.25, 0.3) is 0 Å². The molecule has 1 aliphatic heterocycles. The molecule has 2 rings (SSSR count). The standard InChI is InChI=1S/C17H23N3O5S/c1-24-13-5-4-11(8-14(13)25-2)9-18-15(21)10-20-16(22)12(6-7-26-3)19-17(20)23/h4-5,8,12H,6-7,9-10H2,1-3H3,(H,18,21)(H,19,23). The number of amides is 4. The summed E-state index contributed by atoms with van der Waals surface area (Å²) in [4.78, 5) is 37.2. The third-order valence-electron chi connectivity index (χ3n) is 3.96. The maximum absolute atomic E-state index is 12.2. The maximum atomic E-state index is 12.2. The lowest BCUT2D eigenvalue weighted by Crippen LogP contribution is -2.41. The first-order valence-corrected chi connectivity index (χ1v) is 9.48. The average molecular weight is 381 g/mol. The van der Waals surface area contributed by atoms with Crippen LogP contribution in [0.2, 0.25) is 0 Å². The van der Waals surface area contributed by atoms with E-state index in [1.807, 2.05) is 6.26 Å². The van der Waals surface area contributed by atoms with Crippen molar-refractivity contribution in [1.82, 2.24) is 15.5 Å². The highest BCUT2D eigenvalue weighted by Crippen LogP contribution is 2.27. The molecule has 0 spiro atoms. The van der Waals surface area contributed by atoms with Gasteiger partial charge in [-0.3, -0.25) is 14.5 Å². The Bertz CT molecular complexity index is 682. The zero-order chi connectivity index (χ0) is 19.1. The molecule has 0 aliphatic carbocycles. The first-order chi connectivity index (χ1) is 12.5. The predicted molar refractivity (Wildman–Crippen MR) is 98.4 cm³/mol. The zero-order valence-electron chi connectivity index (χ0n) is 15.0. The number of imide groups is 1. The topological polar surface area (TPSA) is 97.0 Å². The van der Waals surface area contributed by atoms with Gasteiger partial charge in [0.1, 0.15) is 12.6 Å². The number of nitrogens with one attached hydrogen (secondary N) is 2. The number of hydrogen-bond acceptors (Lipinski definition) is 6. The Balaban J connectivity index is 1.89. The molecule has 4 amide bonds. The molecule has 1 saturated heterocycles. The lowest BCUT2D eigenvalue weighted by atomic mass is 10.2. The minimum Gasteiger partial charge on any atom is -0.493 e. The number of carbonyl (C=O) groups excluding carboxylic acids is 3. The van der Waals surface area contributed by atoms with Gasteiger partial charge < -0.3 is 20.1 Å². The fourth-order valence-corrected chi connectivity index (χ4v) is 3.02. The quantitative estimate of drug-likeness (QED) is 0.620. The third kappa shape index (κ3) is 4.81. The van der Waals surface area contributed by atoms with Crippen LogP contribution in [0.15, 0.2) is 18.2 Å². The molecule has 2 N–H and O–H groups in total. The molecule has 0 radical (unpaired) electrons. The molecule has 1 heterocycles. The van der Waals surface area contributed by atoms with Crippen molar-refractivity contribution in [3.8, 4) is 11.5 Å². The fourth-order valence-electron chi connectivity index (χ4n) is 2.55. The maximum Gasteiger partial charge on any atom is 0.325 e. The lowest BCUT2D eigenvalue weighted by Gasteiger charge is -2.14. The molecule has 1 unspecified atom stereocenters. The van der Waals surface area contributed by atoms with Crippen molar-refractivity contribution in [1.29, 1.82) is 0 Å². The van der Waals surface area contributed by atoms with Crippen LogP contribution in [0.4, 0.5) is 4.79 Å². The summed E-state index contributed by atoms with van der Waals surface area (Å²) in [5, 5.41) is 5.31. The van der Waals surface area contributed by atoms with Gasteiger partial charge in [0.15, 0.2) is 11.5 Å². The molecule has 9 heteroatoms. The molecule has 0 bridgehead atoms. The number of benzene rings is 1. The van der Waals surface area contributed by atoms with Crippen molar-refractivity contribution in [2.24, 2.45) is 0 Å². The van der Waals surface area contributed by atoms with E-state index < -0.39 is 18.0 Å². The molecule has 26 heavy (non-hydrogen) atoms. The highest BCUT2D eigenvalue weighted by Gasteiger charge is 2.38. The van der Waals surface area contributed by atoms with Gasteiger partial charge in [-0.25, -0.2) is 4.79 Å². The lowest BCUT2D eigenvalue weighted by molar-refractivity contribution is -0.132. The third-order valence-corrected chi connectivity index (χ3v) is 4.60. The van der Waals surface area contributed by atoms with Gasteiger partial charge in [-0.1, -0.05) is 6.07 Å². The molecular formula is C17H23N3O5S. The molecule has 1 aromatic carbocycles. The Morgan fingerprint density at radius 2 is 2.00 bits per heavy atom. The van der Waals surface area contributed by atoms with Crippen LogP contribution < -0.4 is 20.1 Å². The van der Waals surface area contributed by atoms with E-state index in [2.05, 4.69) is 10.6 Å². The smallest absolute Gasteiger partial charge is 0.325 e. The Morgan fingerprint density at radius 3 is 2.65 bits per heavy atom. The molecule has 1 aliphatic rings. The van der Waals surface area contributed by atoms with Crippen molar-refractivity contribution in [2.45, 2.75) is 19.0 Å². The summed E-state index contributed by atoms with van der Waals surface area (Å²) in [7, 11) is 3.08. The van der Waals surface area contributed by atoms with Gasteiger partial charge in [-0.05, 0) is 36.1 Å². The van der Waals surface area contributed by atoms with Gasteiger partial charge >= 0.3 is 6.03 Å². The number of rotatable bonds is 9. The van der Waals surface area contributed by atoms with Crippen LogP contribution in [0.1, 0.15) is 12.0 Å². The van der Waals surface area contributed by atoms with Crippen LogP contribution in [0.3, 0.4) is 0 Å². The van der Waals surface area contributed by atoms with Crippen molar-refractivity contribution >= 4 is 29.6 Å². The van der Waals surface area contributed by atoms with Gasteiger partial charge in [0.2, 0.25) is 5.91 Å². The number of thioether (sulfide) groups is 1. The number of carbonyl (C=O) groups is 3. The Kier molecular flexibility index (Phi) is 7.14. The molecule has 8 nitrogen and oxygen atoms in total. The number of hydrogen-bond donors (Lipinski definition) is 2. The number of methoxy groups -OCH3 is 2. The average Bonchev–Trinajstić information content (AvgIpc) is 2.91. The Morgan fingerprint density at radius 1 is 1.27 bits per heavy atom. The van der Waals surface area contributed by atoms with E-state index in [0.717, 1.165) is 16.2 Å². The number of urea groups is 1. The normalized spacial score (nSPS) is 16.4. The summed E-state index contributed by atoms with van der Waals surface area (Å²) in [6.07, 6.45) is 2.48. The first kappa shape index (κ1) is 19.9. The summed E-state index contributed by atoms with van der Waals surface area (Å²) >= 11 is 1.60. The van der Waals surface area contributed by atoms with Crippen LogP contribution in [0, 0.1) is 0 Å². The van der Waals surface area contributed by atoms with Crippen LogP contribution in [0.5, 0.6) is 11.5 Å². The van der Waals surface area contributed by atoms with E-state index in [-0.39, 0.29) is 19.0 Å². The van der Waals surface area contributed by atoms with Gasteiger partial charge in [0.25, 0.3) is 5.91 Å². The van der Waals surface area contributed by atoms with Crippen LogP contribution in [-0.4, -0.2) is 61.6 Å². The summed E-state index contributed by atoms with van der Waals surface area (Å²) < 4.78 is 10.4. The number of nitrogens with zero attached hydrogens (tertiary/aromatic N) is 1. The van der Waals surface area contributed by atoms with Crippen molar-refractivity contribution in [3.63, 3.8) is 0 Å². The zero-order valence-corrected chi connectivity index (χ0v) is 15.9. The Labute approximate surface area is 156 Å². The summed E-state index contributed by atoms with van der Waals surface area (Å²) in [5.41, 5.74) is 0.811. The molecular weight excluding hydrogens is 358 g/mol. The molecule has 142 valence electrons. The fraction of sp³-hybridized carbons (Fsp3) is 0.471. The second-order valence-corrected chi connectivity index (χ2v) is 6.66. The van der Waals surface area contributed by atoms with Gasteiger partial charge in [-0.2, -0.15) is 11.8 Å². The monoisotopic (exact) mass is 381 g/mol. The molecule has 0 aromatic heterocycles. The molecule has 0 saturated carbocycles. The summed E-state index contributed by atoms with van der Waals surface area (Å²) in [6.45, 7) is -0.0491.